The summed E-state index contributed by atoms with van der Waals surface area (Å²) in [4.78, 5) is 10.3. The van der Waals surface area contributed by atoms with Crippen LogP contribution in [-0.2, 0) is 13.0 Å². The molecule has 5 heteroatoms. The van der Waals surface area contributed by atoms with E-state index < -0.39 is 0 Å². The quantitative estimate of drug-likeness (QED) is 0.439. The fraction of sp³-hybridized carbons (Fsp3) is 0.400. The van der Waals surface area contributed by atoms with E-state index in [1.807, 2.05) is 6.07 Å². The first-order valence-electron chi connectivity index (χ1n) is 4.76. The summed E-state index contributed by atoms with van der Waals surface area (Å²) in [7, 11) is 0. The van der Waals surface area contributed by atoms with E-state index in [1.54, 1.807) is 24.1 Å². The molecule has 0 fully saturated rings. The van der Waals surface area contributed by atoms with Crippen molar-refractivity contribution >= 4 is 17.6 Å². The van der Waals surface area contributed by atoms with Gasteiger partial charge in [-0.1, -0.05) is 18.0 Å². The molecule has 0 N–H and O–H groups in total. The molecular weight excluding hydrogens is 212 g/mol. The van der Waals surface area contributed by atoms with Crippen LogP contribution in [-0.4, -0.2) is 22.0 Å². The number of nitrogens with zero attached hydrogens (tertiary/aromatic N) is 2. The van der Waals surface area contributed by atoms with Crippen molar-refractivity contribution in [3.05, 3.63) is 39.4 Å². The summed E-state index contributed by atoms with van der Waals surface area (Å²) >= 11 is 1.72. The number of nitro benzene ring substituents is 1. The minimum atomic E-state index is -0.332. The van der Waals surface area contributed by atoms with Crippen molar-refractivity contribution < 1.29 is 4.92 Å². The van der Waals surface area contributed by atoms with Crippen molar-refractivity contribution in [3.63, 3.8) is 0 Å². The molecular formula is C10H12N2O2S. The summed E-state index contributed by atoms with van der Waals surface area (Å²) < 4.78 is 2.26. The van der Waals surface area contributed by atoms with E-state index in [0.717, 1.165) is 25.1 Å². The van der Waals surface area contributed by atoms with Crippen molar-refractivity contribution in [3.8, 4) is 0 Å². The van der Waals surface area contributed by atoms with Gasteiger partial charge in [-0.3, -0.25) is 10.1 Å². The molecule has 0 unspecified atom stereocenters. The van der Waals surface area contributed by atoms with Crippen LogP contribution in [0.5, 0.6) is 0 Å². The highest BCUT2D eigenvalue weighted by atomic mass is 32.2. The van der Waals surface area contributed by atoms with E-state index in [1.165, 1.54) is 5.56 Å². The van der Waals surface area contributed by atoms with Crippen molar-refractivity contribution in [2.45, 2.75) is 13.0 Å². The summed E-state index contributed by atoms with van der Waals surface area (Å²) in [5, 5.41) is 10.6. The molecule has 0 radical (unpaired) electrons. The van der Waals surface area contributed by atoms with Crippen molar-refractivity contribution in [2.75, 3.05) is 12.8 Å². The van der Waals surface area contributed by atoms with Gasteiger partial charge in [-0.05, 0) is 23.8 Å². The molecule has 0 saturated heterocycles. The lowest BCUT2D eigenvalue weighted by Crippen LogP contribution is -2.24. The predicted octanol–water partition coefficient (Wildman–Crippen LogP) is 2.23. The summed E-state index contributed by atoms with van der Waals surface area (Å²) in [6.07, 6.45) is 2.95. The highest BCUT2D eigenvalue weighted by Crippen LogP contribution is 2.25. The summed E-state index contributed by atoms with van der Waals surface area (Å²) in [6, 6.07) is 5.16. The molecule has 0 spiro atoms. The van der Waals surface area contributed by atoms with Crippen LogP contribution < -0.4 is 0 Å². The van der Waals surface area contributed by atoms with Gasteiger partial charge >= 0.3 is 0 Å². The Bertz CT molecular complexity index is 395. The lowest BCUT2D eigenvalue weighted by molar-refractivity contribution is -0.384. The first-order valence-corrected chi connectivity index (χ1v) is 5.94. The SMILES string of the molecule is CSN1CCc2cc([N+](=O)[O-])ccc2C1. The Labute approximate surface area is 92.6 Å². The Kier molecular flexibility index (Phi) is 2.93. The lowest BCUT2D eigenvalue weighted by Gasteiger charge is -2.26. The topological polar surface area (TPSA) is 46.4 Å². The monoisotopic (exact) mass is 224 g/mol. The van der Waals surface area contributed by atoms with Gasteiger partial charge in [0.1, 0.15) is 0 Å². The Hall–Kier alpha value is -1.07. The zero-order valence-corrected chi connectivity index (χ0v) is 9.29. The Morgan fingerprint density at radius 2 is 2.27 bits per heavy atom. The largest absolute Gasteiger partial charge is 0.269 e. The number of fused-ring (bicyclic) bond motifs is 1. The molecule has 1 heterocycles. The number of benzene rings is 1. The maximum absolute atomic E-state index is 10.6. The first kappa shape index (κ1) is 10.4. The maximum Gasteiger partial charge on any atom is 0.269 e. The summed E-state index contributed by atoms with van der Waals surface area (Å²) in [6.45, 7) is 1.85. The molecule has 2 rings (SSSR count). The zero-order chi connectivity index (χ0) is 10.8. The molecule has 0 atom stereocenters. The molecule has 4 nitrogen and oxygen atoms in total. The predicted molar refractivity (Wildman–Crippen MR) is 60.7 cm³/mol. The minimum Gasteiger partial charge on any atom is -0.258 e. The second-order valence-corrected chi connectivity index (χ2v) is 4.39. The van der Waals surface area contributed by atoms with Gasteiger partial charge in [-0.25, -0.2) is 4.31 Å². The molecule has 0 aromatic heterocycles. The van der Waals surface area contributed by atoms with Gasteiger partial charge in [0.2, 0.25) is 0 Å². The number of nitro groups is 1. The third-order valence-corrected chi connectivity index (χ3v) is 3.46. The highest BCUT2D eigenvalue weighted by Gasteiger charge is 2.17. The second-order valence-electron chi connectivity index (χ2n) is 3.51. The van der Waals surface area contributed by atoms with Crippen LogP contribution in [0.3, 0.4) is 0 Å². The smallest absolute Gasteiger partial charge is 0.258 e. The number of hydrogen-bond acceptors (Lipinski definition) is 4. The third kappa shape index (κ3) is 2.13. The van der Waals surface area contributed by atoms with Crippen molar-refractivity contribution in [1.29, 1.82) is 0 Å². The average Bonchev–Trinajstić information content (AvgIpc) is 2.27. The molecule has 1 aromatic rings. The van der Waals surface area contributed by atoms with E-state index in [0.29, 0.717) is 0 Å². The molecule has 1 aliphatic heterocycles. The van der Waals surface area contributed by atoms with E-state index in [9.17, 15) is 10.1 Å². The van der Waals surface area contributed by atoms with Gasteiger partial charge in [0.25, 0.3) is 5.69 Å². The van der Waals surface area contributed by atoms with Gasteiger partial charge in [-0.2, -0.15) is 0 Å². The Morgan fingerprint density at radius 3 is 2.93 bits per heavy atom. The standard InChI is InChI=1S/C10H12N2O2S/c1-15-11-5-4-8-6-10(12(13)14)3-2-9(8)7-11/h2-3,6H,4-5,7H2,1H3. The molecule has 0 amide bonds. The average molecular weight is 224 g/mol. The van der Waals surface area contributed by atoms with Gasteiger partial charge in [0.15, 0.2) is 0 Å². The molecule has 15 heavy (non-hydrogen) atoms. The first-order chi connectivity index (χ1) is 7.20. The van der Waals surface area contributed by atoms with E-state index >= 15 is 0 Å². The minimum absolute atomic E-state index is 0.200. The molecule has 0 saturated carbocycles. The van der Waals surface area contributed by atoms with E-state index in [-0.39, 0.29) is 10.6 Å². The third-order valence-electron chi connectivity index (χ3n) is 2.64. The molecule has 0 bridgehead atoms. The van der Waals surface area contributed by atoms with Crippen LogP contribution in [0.25, 0.3) is 0 Å². The zero-order valence-electron chi connectivity index (χ0n) is 8.47. The molecule has 80 valence electrons. The van der Waals surface area contributed by atoms with Gasteiger partial charge in [0, 0.05) is 25.2 Å². The number of hydrogen-bond donors (Lipinski definition) is 0. The van der Waals surface area contributed by atoms with Crippen LogP contribution in [0, 0.1) is 10.1 Å². The Morgan fingerprint density at radius 1 is 1.47 bits per heavy atom. The van der Waals surface area contributed by atoms with Gasteiger partial charge < -0.3 is 0 Å². The van der Waals surface area contributed by atoms with Crippen LogP contribution in [0.15, 0.2) is 18.2 Å². The van der Waals surface area contributed by atoms with E-state index in [4.69, 9.17) is 0 Å². The molecule has 1 aromatic carbocycles. The lowest BCUT2D eigenvalue weighted by atomic mass is 10.0. The van der Waals surface area contributed by atoms with Crippen LogP contribution in [0.4, 0.5) is 5.69 Å². The highest BCUT2D eigenvalue weighted by molar-refractivity contribution is 7.96. The fourth-order valence-electron chi connectivity index (χ4n) is 1.78. The van der Waals surface area contributed by atoms with Crippen molar-refractivity contribution in [2.24, 2.45) is 0 Å². The number of rotatable bonds is 2. The number of non-ortho nitro benzene ring substituents is 1. The normalized spacial score (nSPS) is 16.1. The maximum atomic E-state index is 10.6. The fourth-order valence-corrected chi connectivity index (χ4v) is 2.32. The van der Waals surface area contributed by atoms with Gasteiger partial charge in [0.05, 0.1) is 4.92 Å². The van der Waals surface area contributed by atoms with E-state index in [2.05, 4.69) is 10.6 Å². The molecule has 1 aliphatic rings. The van der Waals surface area contributed by atoms with Gasteiger partial charge in [-0.15, -0.1) is 0 Å². The molecule has 0 aliphatic carbocycles. The summed E-state index contributed by atoms with van der Waals surface area (Å²) in [5.41, 5.74) is 2.53. The summed E-state index contributed by atoms with van der Waals surface area (Å²) in [5.74, 6) is 0. The van der Waals surface area contributed by atoms with Crippen LogP contribution >= 0.6 is 11.9 Å². The Balaban J connectivity index is 2.28. The van der Waals surface area contributed by atoms with Crippen LogP contribution in [0.1, 0.15) is 11.1 Å². The second kappa shape index (κ2) is 4.20. The van der Waals surface area contributed by atoms with Crippen LogP contribution in [0.2, 0.25) is 0 Å². The van der Waals surface area contributed by atoms with Crippen molar-refractivity contribution in [1.82, 2.24) is 4.31 Å².